The molecule has 0 atom stereocenters. The predicted octanol–water partition coefficient (Wildman–Crippen LogP) is 3.93. The third-order valence-electron chi connectivity index (χ3n) is 2.37. The SMILES string of the molecule is CCCNCc1cc(F)ccc1Sc1nccs1. The van der Waals surface area contributed by atoms with Gasteiger partial charge in [0.1, 0.15) is 5.82 Å². The molecular formula is C13H15FN2S2. The normalized spacial score (nSPS) is 10.8. The van der Waals surface area contributed by atoms with E-state index >= 15 is 0 Å². The van der Waals surface area contributed by atoms with Crippen molar-refractivity contribution in [2.45, 2.75) is 29.1 Å². The van der Waals surface area contributed by atoms with E-state index in [0.717, 1.165) is 27.8 Å². The first-order valence-corrected chi connectivity index (χ1v) is 7.55. The highest BCUT2D eigenvalue weighted by molar-refractivity contribution is 8.01. The van der Waals surface area contributed by atoms with Crippen LogP contribution < -0.4 is 5.32 Å². The van der Waals surface area contributed by atoms with Gasteiger partial charge in [0.25, 0.3) is 0 Å². The number of hydrogen-bond donors (Lipinski definition) is 1. The van der Waals surface area contributed by atoms with E-state index in [2.05, 4.69) is 17.2 Å². The standard InChI is InChI=1S/C13H15FN2S2/c1-2-5-15-9-10-8-11(14)3-4-12(10)18-13-16-6-7-17-13/h3-4,6-8,15H,2,5,9H2,1H3. The van der Waals surface area contributed by atoms with Crippen LogP contribution in [0.5, 0.6) is 0 Å². The average molecular weight is 282 g/mol. The zero-order valence-corrected chi connectivity index (χ0v) is 11.8. The molecule has 18 heavy (non-hydrogen) atoms. The van der Waals surface area contributed by atoms with Gasteiger partial charge < -0.3 is 5.32 Å². The smallest absolute Gasteiger partial charge is 0.154 e. The maximum atomic E-state index is 13.3. The van der Waals surface area contributed by atoms with E-state index in [9.17, 15) is 4.39 Å². The Labute approximate surface area is 115 Å². The second kappa shape index (κ2) is 6.87. The van der Waals surface area contributed by atoms with Gasteiger partial charge in [-0.05, 0) is 36.7 Å². The Morgan fingerprint density at radius 2 is 2.33 bits per heavy atom. The van der Waals surface area contributed by atoms with Gasteiger partial charge in [-0.3, -0.25) is 0 Å². The average Bonchev–Trinajstić information content (AvgIpc) is 2.86. The van der Waals surface area contributed by atoms with Crippen LogP contribution in [0.1, 0.15) is 18.9 Å². The van der Waals surface area contributed by atoms with Crippen molar-refractivity contribution in [3.8, 4) is 0 Å². The molecule has 2 aromatic rings. The topological polar surface area (TPSA) is 24.9 Å². The minimum Gasteiger partial charge on any atom is -0.313 e. The fourth-order valence-corrected chi connectivity index (χ4v) is 3.23. The van der Waals surface area contributed by atoms with Crippen molar-refractivity contribution in [1.29, 1.82) is 0 Å². The van der Waals surface area contributed by atoms with E-state index in [1.165, 1.54) is 6.07 Å². The molecule has 0 aliphatic rings. The van der Waals surface area contributed by atoms with Gasteiger partial charge in [0.2, 0.25) is 0 Å². The largest absolute Gasteiger partial charge is 0.313 e. The van der Waals surface area contributed by atoms with Crippen LogP contribution in [0.2, 0.25) is 0 Å². The minimum absolute atomic E-state index is 0.188. The van der Waals surface area contributed by atoms with Crippen LogP contribution in [0, 0.1) is 5.82 Å². The molecule has 0 saturated heterocycles. The van der Waals surface area contributed by atoms with Crippen LogP contribution in [0.25, 0.3) is 0 Å². The number of halogens is 1. The summed E-state index contributed by atoms with van der Waals surface area (Å²) in [7, 11) is 0. The maximum Gasteiger partial charge on any atom is 0.154 e. The first-order chi connectivity index (χ1) is 8.79. The molecule has 0 aliphatic carbocycles. The number of rotatable bonds is 6. The minimum atomic E-state index is -0.188. The van der Waals surface area contributed by atoms with Gasteiger partial charge in [0, 0.05) is 23.0 Å². The number of thiazole rings is 1. The molecule has 0 fully saturated rings. The molecule has 2 rings (SSSR count). The lowest BCUT2D eigenvalue weighted by Crippen LogP contribution is -2.14. The van der Waals surface area contributed by atoms with Crippen molar-refractivity contribution in [2.75, 3.05) is 6.54 Å². The van der Waals surface area contributed by atoms with Gasteiger partial charge in [-0.25, -0.2) is 9.37 Å². The summed E-state index contributed by atoms with van der Waals surface area (Å²) in [6.45, 7) is 3.75. The molecule has 0 unspecified atom stereocenters. The fourth-order valence-electron chi connectivity index (χ4n) is 1.54. The Morgan fingerprint density at radius 1 is 1.44 bits per heavy atom. The van der Waals surface area contributed by atoms with Crippen molar-refractivity contribution in [3.63, 3.8) is 0 Å². The van der Waals surface area contributed by atoms with Gasteiger partial charge in [0.15, 0.2) is 4.34 Å². The molecule has 0 saturated carbocycles. The van der Waals surface area contributed by atoms with Crippen molar-refractivity contribution in [1.82, 2.24) is 10.3 Å². The third kappa shape index (κ3) is 3.80. The Balaban J connectivity index is 2.12. The highest BCUT2D eigenvalue weighted by atomic mass is 32.2. The first-order valence-electron chi connectivity index (χ1n) is 5.86. The molecule has 0 bridgehead atoms. The number of nitrogens with zero attached hydrogens (tertiary/aromatic N) is 1. The van der Waals surface area contributed by atoms with E-state index in [1.807, 2.05) is 11.4 Å². The highest BCUT2D eigenvalue weighted by Gasteiger charge is 2.07. The molecule has 0 aliphatic heterocycles. The zero-order valence-electron chi connectivity index (χ0n) is 10.1. The van der Waals surface area contributed by atoms with Gasteiger partial charge in [0.05, 0.1) is 0 Å². The second-order valence-electron chi connectivity index (χ2n) is 3.83. The molecule has 0 radical (unpaired) electrons. The summed E-state index contributed by atoms with van der Waals surface area (Å²) in [6.07, 6.45) is 2.86. The summed E-state index contributed by atoms with van der Waals surface area (Å²) in [4.78, 5) is 5.30. The molecule has 0 amide bonds. The van der Waals surface area contributed by atoms with Crippen LogP contribution in [0.15, 0.2) is 39.0 Å². The van der Waals surface area contributed by atoms with Gasteiger partial charge in [-0.1, -0.05) is 18.7 Å². The van der Waals surface area contributed by atoms with Crippen LogP contribution in [-0.2, 0) is 6.54 Å². The monoisotopic (exact) mass is 282 g/mol. The zero-order chi connectivity index (χ0) is 12.8. The van der Waals surface area contributed by atoms with E-state index in [-0.39, 0.29) is 5.82 Å². The fraction of sp³-hybridized carbons (Fsp3) is 0.308. The number of nitrogens with one attached hydrogen (secondary N) is 1. The third-order valence-corrected chi connectivity index (χ3v) is 4.37. The summed E-state index contributed by atoms with van der Waals surface area (Å²) in [5.41, 5.74) is 0.989. The highest BCUT2D eigenvalue weighted by Crippen LogP contribution is 2.32. The summed E-state index contributed by atoms with van der Waals surface area (Å²) in [6, 6.07) is 4.92. The lowest BCUT2D eigenvalue weighted by molar-refractivity contribution is 0.615. The lowest BCUT2D eigenvalue weighted by atomic mass is 10.2. The quantitative estimate of drug-likeness (QED) is 0.813. The summed E-state index contributed by atoms with van der Waals surface area (Å²) in [5.74, 6) is -0.188. The Bertz CT molecular complexity index is 486. The molecule has 1 aromatic carbocycles. The Hall–Kier alpha value is -0.910. The molecule has 1 aromatic heterocycles. The lowest BCUT2D eigenvalue weighted by Gasteiger charge is -2.09. The van der Waals surface area contributed by atoms with Gasteiger partial charge in [-0.2, -0.15) is 0 Å². The Morgan fingerprint density at radius 3 is 3.06 bits per heavy atom. The van der Waals surface area contributed by atoms with Gasteiger partial charge in [-0.15, -0.1) is 11.3 Å². The van der Waals surface area contributed by atoms with Crippen LogP contribution in [0.4, 0.5) is 4.39 Å². The van der Waals surface area contributed by atoms with Crippen molar-refractivity contribution < 1.29 is 4.39 Å². The summed E-state index contributed by atoms with van der Waals surface area (Å²) in [5, 5.41) is 5.25. The van der Waals surface area contributed by atoms with Crippen molar-refractivity contribution in [3.05, 3.63) is 41.2 Å². The van der Waals surface area contributed by atoms with Gasteiger partial charge >= 0.3 is 0 Å². The van der Waals surface area contributed by atoms with E-state index in [1.54, 1.807) is 35.4 Å². The molecule has 5 heteroatoms. The maximum absolute atomic E-state index is 13.3. The molecule has 96 valence electrons. The number of benzene rings is 1. The molecule has 1 N–H and O–H groups in total. The number of hydrogen-bond acceptors (Lipinski definition) is 4. The molecule has 2 nitrogen and oxygen atoms in total. The number of aromatic nitrogens is 1. The molecular weight excluding hydrogens is 267 g/mol. The molecule has 0 spiro atoms. The molecule has 1 heterocycles. The van der Waals surface area contributed by atoms with E-state index in [0.29, 0.717) is 6.54 Å². The predicted molar refractivity (Wildman–Crippen MR) is 74.6 cm³/mol. The van der Waals surface area contributed by atoms with Crippen molar-refractivity contribution in [2.24, 2.45) is 0 Å². The summed E-state index contributed by atoms with van der Waals surface area (Å²) < 4.78 is 14.3. The Kier molecular flexibility index (Phi) is 5.16. The van der Waals surface area contributed by atoms with Crippen LogP contribution >= 0.6 is 23.1 Å². The van der Waals surface area contributed by atoms with Crippen LogP contribution in [0.3, 0.4) is 0 Å². The van der Waals surface area contributed by atoms with E-state index in [4.69, 9.17) is 0 Å². The second-order valence-corrected chi connectivity index (χ2v) is 6.01. The van der Waals surface area contributed by atoms with Crippen molar-refractivity contribution >= 4 is 23.1 Å². The van der Waals surface area contributed by atoms with E-state index < -0.39 is 0 Å². The summed E-state index contributed by atoms with van der Waals surface area (Å²) >= 11 is 3.19. The van der Waals surface area contributed by atoms with Crippen LogP contribution in [-0.4, -0.2) is 11.5 Å². The first kappa shape index (κ1) is 13.5.